The van der Waals surface area contributed by atoms with Gasteiger partial charge in [-0.05, 0) is 24.1 Å². The summed E-state index contributed by atoms with van der Waals surface area (Å²) in [5.41, 5.74) is 0.477. The van der Waals surface area contributed by atoms with Gasteiger partial charge in [-0.3, -0.25) is 4.79 Å². The number of benzene rings is 1. The summed E-state index contributed by atoms with van der Waals surface area (Å²) in [5.74, 6) is -0.322. The van der Waals surface area contributed by atoms with E-state index in [0.717, 1.165) is 0 Å². The van der Waals surface area contributed by atoms with Crippen molar-refractivity contribution in [3.8, 4) is 0 Å². The number of anilines is 1. The van der Waals surface area contributed by atoms with Gasteiger partial charge in [-0.2, -0.15) is 0 Å². The molecule has 0 fully saturated rings. The van der Waals surface area contributed by atoms with Gasteiger partial charge in [0.2, 0.25) is 5.91 Å². The molecule has 0 spiro atoms. The summed E-state index contributed by atoms with van der Waals surface area (Å²) < 4.78 is 12.8. The predicted octanol–water partition coefficient (Wildman–Crippen LogP) is 3.18. The molecule has 1 N–H and O–H groups in total. The Morgan fingerprint density at radius 1 is 1.47 bits per heavy atom. The largest absolute Gasteiger partial charge is 0.325 e. The van der Waals surface area contributed by atoms with E-state index in [1.807, 2.05) is 13.8 Å². The van der Waals surface area contributed by atoms with Crippen LogP contribution in [0.5, 0.6) is 0 Å². The van der Waals surface area contributed by atoms with E-state index in [4.69, 9.17) is 0 Å². The molecule has 0 aliphatic heterocycles. The highest BCUT2D eigenvalue weighted by Gasteiger charge is 2.18. The van der Waals surface area contributed by atoms with Crippen LogP contribution in [0.3, 0.4) is 0 Å². The summed E-state index contributed by atoms with van der Waals surface area (Å²) in [5, 5.41) is 2.64. The molecule has 1 rings (SSSR count). The summed E-state index contributed by atoms with van der Waals surface area (Å²) in [6, 6.07) is 5.84. The Hall–Kier alpha value is -0.900. The summed E-state index contributed by atoms with van der Waals surface area (Å²) in [6.07, 6.45) is 0. The van der Waals surface area contributed by atoms with Crippen molar-refractivity contribution >= 4 is 27.5 Å². The van der Waals surface area contributed by atoms with E-state index in [1.54, 1.807) is 12.1 Å². The van der Waals surface area contributed by atoms with Crippen molar-refractivity contribution in [1.82, 2.24) is 0 Å². The molecule has 1 aromatic rings. The predicted molar refractivity (Wildman–Crippen MR) is 62.6 cm³/mol. The zero-order valence-corrected chi connectivity index (χ0v) is 10.2. The van der Waals surface area contributed by atoms with Crippen LogP contribution < -0.4 is 5.32 Å². The van der Waals surface area contributed by atoms with Crippen LogP contribution in [0.1, 0.15) is 13.8 Å². The van der Waals surface area contributed by atoms with Crippen molar-refractivity contribution in [2.75, 3.05) is 5.32 Å². The van der Waals surface area contributed by atoms with Gasteiger partial charge in [0.15, 0.2) is 0 Å². The Morgan fingerprint density at radius 2 is 2.13 bits per heavy atom. The average Bonchev–Trinajstić information content (AvgIpc) is 2.16. The fraction of sp³-hybridized carbons (Fsp3) is 0.364. The third kappa shape index (κ3) is 3.63. The summed E-state index contributed by atoms with van der Waals surface area (Å²) in [7, 11) is 0. The monoisotopic (exact) mass is 273 g/mol. The summed E-state index contributed by atoms with van der Waals surface area (Å²) in [4.78, 5) is 11.3. The highest BCUT2D eigenvalue weighted by molar-refractivity contribution is 9.10. The molecule has 1 unspecified atom stereocenters. The Bertz CT molecular complexity index is 354. The highest BCUT2D eigenvalue weighted by atomic mass is 79.9. The van der Waals surface area contributed by atoms with Gasteiger partial charge in [-0.15, -0.1) is 0 Å². The van der Waals surface area contributed by atoms with Crippen LogP contribution in [0.25, 0.3) is 0 Å². The molecule has 4 heteroatoms. The maximum Gasteiger partial charge on any atom is 0.238 e. The third-order valence-corrected chi connectivity index (χ3v) is 3.40. The maximum absolute atomic E-state index is 12.8. The van der Waals surface area contributed by atoms with Crippen molar-refractivity contribution in [1.29, 1.82) is 0 Å². The fourth-order valence-corrected chi connectivity index (χ4v) is 1.19. The normalized spacial score (nSPS) is 12.6. The average molecular weight is 274 g/mol. The molecule has 1 amide bonds. The molecule has 0 heterocycles. The van der Waals surface area contributed by atoms with Crippen molar-refractivity contribution in [3.05, 3.63) is 30.1 Å². The van der Waals surface area contributed by atoms with Crippen LogP contribution in [-0.2, 0) is 4.79 Å². The second kappa shape index (κ2) is 5.26. The van der Waals surface area contributed by atoms with Crippen LogP contribution in [0.4, 0.5) is 10.1 Å². The lowest BCUT2D eigenvalue weighted by molar-refractivity contribution is -0.116. The number of nitrogens with one attached hydrogen (secondary N) is 1. The molecule has 1 aromatic carbocycles. The third-order valence-electron chi connectivity index (χ3n) is 1.93. The molecule has 0 bridgehead atoms. The van der Waals surface area contributed by atoms with E-state index >= 15 is 0 Å². The highest BCUT2D eigenvalue weighted by Crippen LogP contribution is 2.16. The molecule has 15 heavy (non-hydrogen) atoms. The fourth-order valence-electron chi connectivity index (χ4n) is 1.08. The molecule has 1 atom stereocenters. The van der Waals surface area contributed by atoms with E-state index in [1.165, 1.54) is 12.1 Å². The van der Waals surface area contributed by atoms with E-state index in [-0.39, 0.29) is 22.5 Å². The van der Waals surface area contributed by atoms with E-state index in [0.29, 0.717) is 5.69 Å². The maximum atomic E-state index is 12.8. The standard InChI is InChI=1S/C11H13BrFNO/c1-7(2)10(12)11(15)14-9-5-3-4-8(13)6-9/h3-7,10H,1-2H3,(H,14,15). The minimum absolute atomic E-state index is 0.157. The van der Waals surface area contributed by atoms with Gasteiger partial charge in [0.1, 0.15) is 5.82 Å². The zero-order chi connectivity index (χ0) is 11.4. The summed E-state index contributed by atoms with van der Waals surface area (Å²) in [6.45, 7) is 3.87. The molecular weight excluding hydrogens is 261 g/mol. The van der Waals surface area contributed by atoms with Gasteiger partial charge >= 0.3 is 0 Å². The molecule has 0 aromatic heterocycles. The number of alkyl halides is 1. The Morgan fingerprint density at radius 3 is 2.67 bits per heavy atom. The first-order chi connectivity index (χ1) is 7.00. The lowest BCUT2D eigenvalue weighted by atomic mass is 10.1. The lowest BCUT2D eigenvalue weighted by Gasteiger charge is -2.13. The van der Waals surface area contributed by atoms with E-state index in [2.05, 4.69) is 21.2 Å². The number of carbonyl (C=O) groups is 1. The molecule has 82 valence electrons. The van der Waals surface area contributed by atoms with Gasteiger partial charge < -0.3 is 5.32 Å². The van der Waals surface area contributed by atoms with Crippen molar-refractivity contribution < 1.29 is 9.18 Å². The minimum atomic E-state index is -0.358. The zero-order valence-electron chi connectivity index (χ0n) is 8.63. The molecule has 0 saturated carbocycles. The van der Waals surface area contributed by atoms with Crippen LogP contribution in [0, 0.1) is 11.7 Å². The first kappa shape index (κ1) is 12.2. The molecular formula is C11H13BrFNO. The number of hydrogen-bond acceptors (Lipinski definition) is 1. The number of hydrogen-bond donors (Lipinski definition) is 1. The second-order valence-electron chi connectivity index (χ2n) is 3.65. The van der Waals surface area contributed by atoms with E-state index in [9.17, 15) is 9.18 Å². The van der Waals surface area contributed by atoms with Gasteiger partial charge in [0.25, 0.3) is 0 Å². The van der Waals surface area contributed by atoms with Crippen molar-refractivity contribution in [2.24, 2.45) is 5.92 Å². The van der Waals surface area contributed by atoms with Crippen molar-refractivity contribution in [3.63, 3.8) is 0 Å². The van der Waals surface area contributed by atoms with Crippen molar-refractivity contribution in [2.45, 2.75) is 18.7 Å². The first-order valence-electron chi connectivity index (χ1n) is 4.71. The Kier molecular flexibility index (Phi) is 4.27. The molecule has 0 aliphatic rings. The van der Waals surface area contributed by atoms with Crippen LogP contribution in [0.15, 0.2) is 24.3 Å². The summed E-state index contributed by atoms with van der Waals surface area (Å²) >= 11 is 3.28. The van der Waals surface area contributed by atoms with Gasteiger partial charge in [0, 0.05) is 5.69 Å². The quantitative estimate of drug-likeness (QED) is 0.843. The van der Waals surface area contributed by atoms with E-state index < -0.39 is 0 Å². The minimum Gasteiger partial charge on any atom is -0.325 e. The Labute approximate surface area is 97.0 Å². The topological polar surface area (TPSA) is 29.1 Å². The van der Waals surface area contributed by atoms with Gasteiger partial charge in [0.05, 0.1) is 4.83 Å². The smallest absolute Gasteiger partial charge is 0.238 e. The molecule has 0 aliphatic carbocycles. The number of rotatable bonds is 3. The van der Waals surface area contributed by atoms with Crippen LogP contribution in [0.2, 0.25) is 0 Å². The second-order valence-corrected chi connectivity index (χ2v) is 4.63. The number of halogens is 2. The number of amides is 1. The number of carbonyl (C=O) groups excluding carboxylic acids is 1. The first-order valence-corrected chi connectivity index (χ1v) is 5.63. The Balaban J connectivity index is 2.66. The molecule has 0 saturated heterocycles. The van der Waals surface area contributed by atoms with Gasteiger partial charge in [-0.1, -0.05) is 35.8 Å². The van der Waals surface area contributed by atoms with Gasteiger partial charge in [-0.25, -0.2) is 4.39 Å². The SMILES string of the molecule is CC(C)C(Br)C(=O)Nc1cccc(F)c1. The van der Waals surface area contributed by atoms with Crippen LogP contribution in [-0.4, -0.2) is 10.7 Å². The van der Waals surface area contributed by atoms with Crippen LogP contribution >= 0.6 is 15.9 Å². The lowest BCUT2D eigenvalue weighted by Crippen LogP contribution is -2.26. The molecule has 0 radical (unpaired) electrons. The molecule has 2 nitrogen and oxygen atoms in total.